The van der Waals surface area contributed by atoms with Crippen molar-refractivity contribution in [1.29, 1.82) is 0 Å². The SMILES string of the molecule is CC(c1ccoc1)N1Cc2ccccc2C(C(=O)O)C1. The van der Waals surface area contributed by atoms with Gasteiger partial charge in [0.2, 0.25) is 0 Å². The van der Waals surface area contributed by atoms with Gasteiger partial charge in [0.25, 0.3) is 0 Å². The van der Waals surface area contributed by atoms with E-state index >= 15 is 0 Å². The van der Waals surface area contributed by atoms with Crippen molar-refractivity contribution in [3.05, 3.63) is 59.5 Å². The summed E-state index contributed by atoms with van der Waals surface area (Å²) in [5.74, 6) is -1.23. The van der Waals surface area contributed by atoms with E-state index in [1.54, 1.807) is 12.5 Å². The molecule has 1 N–H and O–H groups in total. The average Bonchev–Trinajstić information content (AvgIpc) is 2.99. The van der Waals surface area contributed by atoms with Crippen LogP contribution in [0.3, 0.4) is 0 Å². The maximum absolute atomic E-state index is 11.5. The molecule has 2 atom stereocenters. The zero-order valence-corrected chi connectivity index (χ0v) is 11.3. The zero-order chi connectivity index (χ0) is 14.1. The maximum atomic E-state index is 11.5. The lowest BCUT2D eigenvalue weighted by molar-refractivity contribution is -0.139. The Bertz CT molecular complexity index is 606. The molecule has 2 aromatic rings. The summed E-state index contributed by atoms with van der Waals surface area (Å²) in [6.45, 7) is 3.38. The normalized spacial score (nSPS) is 20.4. The van der Waals surface area contributed by atoms with Crippen LogP contribution in [-0.4, -0.2) is 22.5 Å². The zero-order valence-electron chi connectivity index (χ0n) is 11.3. The third kappa shape index (κ3) is 2.23. The third-order valence-corrected chi connectivity index (χ3v) is 4.09. The molecule has 0 fully saturated rings. The van der Waals surface area contributed by atoms with E-state index in [4.69, 9.17) is 4.42 Å². The first-order valence-corrected chi connectivity index (χ1v) is 6.73. The van der Waals surface area contributed by atoms with Crippen LogP contribution in [0.1, 0.15) is 35.6 Å². The van der Waals surface area contributed by atoms with Gasteiger partial charge in [-0.15, -0.1) is 0 Å². The van der Waals surface area contributed by atoms with E-state index < -0.39 is 11.9 Å². The van der Waals surface area contributed by atoms with Crippen LogP contribution in [0, 0.1) is 0 Å². The van der Waals surface area contributed by atoms with Crippen LogP contribution in [0.25, 0.3) is 0 Å². The number of aliphatic carboxylic acids is 1. The van der Waals surface area contributed by atoms with Gasteiger partial charge in [-0.05, 0) is 24.1 Å². The number of furan rings is 1. The fraction of sp³-hybridized carbons (Fsp3) is 0.312. The van der Waals surface area contributed by atoms with Crippen LogP contribution in [0.5, 0.6) is 0 Å². The van der Waals surface area contributed by atoms with Crippen molar-refractivity contribution in [3.63, 3.8) is 0 Å². The largest absolute Gasteiger partial charge is 0.481 e. The summed E-state index contributed by atoms with van der Waals surface area (Å²) in [4.78, 5) is 13.7. The second kappa shape index (κ2) is 5.13. The molecule has 0 spiro atoms. The first kappa shape index (κ1) is 12.9. The van der Waals surface area contributed by atoms with Crippen LogP contribution in [0.15, 0.2) is 47.3 Å². The number of benzene rings is 1. The van der Waals surface area contributed by atoms with Crippen LogP contribution >= 0.6 is 0 Å². The molecule has 0 aliphatic carbocycles. The molecule has 4 heteroatoms. The molecule has 2 heterocycles. The molecule has 1 aromatic heterocycles. The first-order valence-electron chi connectivity index (χ1n) is 6.73. The first-order chi connectivity index (χ1) is 9.66. The Kier molecular flexibility index (Phi) is 3.32. The minimum Gasteiger partial charge on any atom is -0.481 e. The second-order valence-electron chi connectivity index (χ2n) is 5.25. The van der Waals surface area contributed by atoms with E-state index in [1.165, 1.54) is 0 Å². The summed E-state index contributed by atoms with van der Waals surface area (Å²) in [6.07, 6.45) is 3.37. The molecule has 0 saturated heterocycles. The highest BCUT2D eigenvalue weighted by Crippen LogP contribution is 2.33. The van der Waals surface area contributed by atoms with Crippen LogP contribution in [-0.2, 0) is 11.3 Å². The molecular formula is C16H17NO3. The Morgan fingerprint density at radius 2 is 2.20 bits per heavy atom. The smallest absolute Gasteiger partial charge is 0.312 e. The van der Waals surface area contributed by atoms with Crippen molar-refractivity contribution in [2.45, 2.75) is 25.4 Å². The topological polar surface area (TPSA) is 53.7 Å². The lowest BCUT2D eigenvalue weighted by atomic mass is 9.88. The fourth-order valence-corrected chi connectivity index (χ4v) is 2.86. The predicted molar refractivity (Wildman–Crippen MR) is 74.4 cm³/mol. The van der Waals surface area contributed by atoms with Crippen LogP contribution in [0.2, 0.25) is 0 Å². The molecule has 1 aliphatic rings. The van der Waals surface area contributed by atoms with Crippen LogP contribution in [0.4, 0.5) is 0 Å². The Morgan fingerprint density at radius 3 is 2.90 bits per heavy atom. The van der Waals surface area contributed by atoms with Gasteiger partial charge < -0.3 is 9.52 Å². The van der Waals surface area contributed by atoms with Crippen molar-refractivity contribution in [2.24, 2.45) is 0 Å². The summed E-state index contributed by atoms with van der Waals surface area (Å²) in [5, 5.41) is 9.47. The Hall–Kier alpha value is -2.07. The molecule has 0 radical (unpaired) electrons. The number of carbonyl (C=O) groups is 1. The molecule has 0 amide bonds. The number of hydrogen-bond acceptors (Lipinski definition) is 3. The average molecular weight is 271 g/mol. The van der Waals surface area contributed by atoms with Crippen molar-refractivity contribution >= 4 is 5.97 Å². The molecule has 1 aromatic carbocycles. The van der Waals surface area contributed by atoms with E-state index in [-0.39, 0.29) is 6.04 Å². The van der Waals surface area contributed by atoms with Crippen molar-refractivity contribution < 1.29 is 14.3 Å². The summed E-state index contributed by atoms with van der Waals surface area (Å²) < 4.78 is 5.13. The monoisotopic (exact) mass is 271 g/mol. The summed E-state index contributed by atoms with van der Waals surface area (Å²) in [7, 11) is 0. The second-order valence-corrected chi connectivity index (χ2v) is 5.25. The number of carboxylic acids is 1. The molecule has 3 rings (SSSR count). The minimum absolute atomic E-state index is 0.143. The van der Waals surface area contributed by atoms with E-state index in [0.29, 0.717) is 6.54 Å². The van der Waals surface area contributed by atoms with Crippen LogP contribution < -0.4 is 0 Å². The van der Waals surface area contributed by atoms with E-state index in [2.05, 4.69) is 11.8 Å². The highest BCUT2D eigenvalue weighted by molar-refractivity contribution is 5.77. The van der Waals surface area contributed by atoms with Gasteiger partial charge in [0.1, 0.15) is 0 Å². The fourth-order valence-electron chi connectivity index (χ4n) is 2.86. The molecule has 20 heavy (non-hydrogen) atoms. The van der Waals surface area contributed by atoms with Gasteiger partial charge >= 0.3 is 5.97 Å². The van der Waals surface area contributed by atoms with Crippen molar-refractivity contribution in [1.82, 2.24) is 4.90 Å². The molecule has 4 nitrogen and oxygen atoms in total. The molecular weight excluding hydrogens is 254 g/mol. The number of fused-ring (bicyclic) bond motifs is 1. The summed E-state index contributed by atoms with van der Waals surface area (Å²) in [6, 6.07) is 9.88. The number of carboxylic acid groups (broad SMARTS) is 1. The van der Waals surface area contributed by atoms with Gasteiger partial charge in [0.05, 0.1) is 18.4 Å². The lowest BCUT2D eigenvalue weighted by Crippen LogP contribution is -2.38. The van der Waals surface area contributed by atoms with E-state index in [9.17, 15) is 9.90 Å². The quantitative estimate of drug-likeness (QED) is 0.932. The summed E-state index contributed by atoms with van der Waals surface area (Å²) >= 11 is 0. The Labute approximate surface area is 117 Å². The highest BCUT2D eigenvalue weighted by Gasteiger charge is 2.32. The van der Waals surface area contributed by atoms with Gasteiger partial charge in [-0.1, -0.05) is 24.3 Å². The Morgan fingerprint density at radius 1 is 1.40 bits per heavy atom. The molecule has 104 valence electrons. The number of rotatable bonds is 3. The number of hydrogen-bond donors (Lipinski definition) is 1. The van der Waals surface area contributed by atoms with Gasteiger partial charge in [0, 0.05) is 24.7 Å². The highest BCUT2D eigenvalue weighted by atomic mass is 16.4. The molecule has 2 unspecified atom stereocenters. The maximum Gasteiger partial charge on any atom is 0.312 e. The third-order valence-electron chi connectivity index (χ3n) is 4.09. The van der Waals surface area contributed by atoms with Gasteiger partial charge in [-0.2, -0.15) is 0 Å². The van der Waals surface area contributed by atoms with E-state index in [0.717, 1.165) is 23.2 Å². The van der Waals surface area contributed by atoms with Crippen molar-refractivity contribution in [3.8, 4) is 0 Å². The van der Waals surface area contributed by atoms with Gasteiger partial charge in [0.15, 0.2) is 0 Å². The molecule has 0 bridgehead atoms. The minimum atomic E-state index is -0.762. The summed E-state index contributed by atoms with van der Waals surface area (Å²) in [5.41, 5.74) is 3.12. The Balaban J connectivity index is 1.92. The van der Waals surface area contributed by atoms with E-state index in [1.807, 2.05) is 30.3 Å². The van der Waals surface area contributed by atoms with Gasteiger partial charge in [-0.3, -0.25) is 9.69 Å². The van der Waals surface area contributed by atoms with Gasteiger partial charge in [-0.25, -0.2) is 0 Å². The predicted octanol–water partition coefficient (Wildman–Crippen LogP) is 3.02. The lowest BCUT2D eigenvalue weighted by Gasteiger charge is -2.36. The number of nitrogens with zero attached hydrogens (tertiary/aromatic N) is 1. The standard InChI is InChI=1S/C16H17NO3/c1-11(13-6-7-20-10-13)17-8-12-4-2-3-5-14(12)15(9-17)16(18)19/h2-7,10-11,15H,8-9H2,1H3,(H,18,19). The van der Waals surface area contributed by atoms with Crippen molar-refractivity contribution in [2.75, 3.05) is 6.54 Å². The molecule has 0 saturated carbocycles. The molecule has 1 aliphatic heterocycles.